The number of rotatable bonds is 3. The highest BCUT2D eigenvalue weighted by Crippen LogP contribution is 2.42. The van der Waals surface area contributed by atoms with Gasteiger partial charge in [-0.05, 0) is 23.4 Å². The summed E-state index contributed by atoms with van der Waals surface area (Å²) in [6, 6.07) is 3.49. The number of nitrogens with zero attached hydrogens (tertiary/aromatic N) is 1. The minimum absolute atomic E-state index is 0.0166. The van der Waals surface area contributed by atoms with Crippen molar-refractivity contribution in [3.05, 3.63) is 23.3 Å². The van der Waals surface area contributed by atoms with E-state index in [0.717, 1.165) is 12.1 Å². The van der Waals surface area contributed by atoms with Crippen molar-refractivity contribution in [3.8, 4) is 6.07 Å². The fourth-order valence-electron chi connectivity index (χ4n) is 1.31. The predicted octanol–water partition coefficient (Wildman–Crippen LogP) is 2.56. The fraction of sp³-hybridized carbons (Fsp3) is 0.222. The Morgan fingerprint density at radius 2 is 2.00 bits per heavy atom. The molecule has 1 aromatic rings. The molecule has 0 aliphatic heterocycles. The Hall–Kier alpha value is -0.950. The van der Waals surface area contributed by atoms with Crippen LogP contribution in [-0.4, -0.2) is 13.9 Å². The van der Waals surface area contributed by atoms with E-state index in [9.17, 15) is 21.6 Å². The standard InChI is InChI=1S/C9H6ClF3N2O2S2/c10-19(16,17)7-2-1-5(3-14)8(6(7)4-15)18-9(11,12)13/h1-2H,3,14H2. The third kappa shape index (κ3) is 4.01. The van der Waals surface area contributed by atoms with Gasteiger partial charge < -0.3 is 5.73 Å². The van der Waals surface area contributed by atoms with Gasteiger partial charge in [0.05, 0.1) is 5.56 Å². The van der Waals surface area contributed by atoms with Gasteiger partial charge in [0.2, 0.25) is 0 Å². The number of hydrogen-bond acceptors (Lipinski definition) is 5. The van der Waals surface area contributed by atoms with Crippen LogP contribution in [0.5, 0.6) is 0 Å². The van der Waals surface area contributed by atoms with Crippen LogP contribution in [0, 0.1) is 11.3 Å². The van der Waals surface area contributed by atoms with Crippen LogP contribution < -0.4 is 5.73 Å². The molecule has 0 aliphatic rings. The summed E-state index contributed by atoms with van der Waals surface area (Å²) in [5.41, 5.74) is -0.0326. The Morgan fingerprint density at radius 3 is 2.37 bits per heavy atom. The van der Waals surface area contributed by atoms with Crippen LogP contribution in [0.15, 0.2) is 21.9 Å². The van der Waals surface area contributed by atoms with Gasteiger partial charge in [-0.15, -0.1) is 0 Å². The van der Waals surface area contributed by atoms with E-state index < -0.39 is 41.7 Å². The lowest BCUT2D eigenvalue weighted by atomic mass is 10.1. The summed E-state index contributed by atoms with van der Waals surface area (Å²) in [7, 11) is 0.760. The molecule has 10 heteroatoms. The first kappa shape index (κ1) is 16.1. The molecule has 0 bridgehead atoms. The molecule has 1 aromatic carbocycles. The number of thioether (sulfide) groups is 1. The zero-order valence-corrected chi connectivity index (χ0v) is 11.4. The number of benzene rings is 1. The van der Waals surface area contributed by atoms with Gasteiger partial charge in [-0.25, -0.2) is 8.42 Å². The summed E-state index contributed by atoms with van der Waals surface area (Å²) < 4.78 is 59.7. The van der Waals surface area contributed by atoms with E-state index in [1.165, 1.54) is 6.07 Å². The minimum Gasteiger partial charge on any atom is -0.326 e. The first-order valence-corrected chi connectivity index (χ1v) is 7.69. The van der Waals surface area contributed by atoms with E-state index in [4.69, 9.17) is 21.7 Å². The normalized spacial score (nSPS) is 12.2. The summed E-state index contributed by atoms with van der Waals surface area (Å²) in [4.78, 5) is -1.21. The molecule has 1 rings (SSSR count). The van der Waals surface area contributed by atoms with Crippen LogP contribution in [-0.2, 0) is 15.6 Å². The molecular weight excluding hydrogens is 325 g/mol. The Labute approximate surface area is 115 Å². The number of alkyl halides is 3. The first-order chi connectivity index (χ1) is 8.60. The Morgan fingerprint density at radius 1 is 1.42 bits per heavy atom. The van der Waals surface area contributed by atoms with Gasteiger partial charge in [-0.2, -0.15) is 18.4 Å². The second-order valence-corrected chi connectivity index (χ2v) is 6.84. The van der Waals surface area contributed by atoms with Crippen molar-refractivity contribution in [2.24, 2.45) is 5.73 Å². The highest BCUT2D eigenvalue weighted by atomic mass is 35.7. The average Bonchev–Trinajstić information content (AvgIpc) is 2.25. The molecule has 104 valence electrons. The lowest BCUT2D eigenvalue weighted by Gasteiger charge is -2.13. The number of hydrogen-bond donors (Lipinski definition) is 1. The predicted molar refractivity (Wildman–Crippen MR) is 64.0 cm³/mol. The Bertz CT molecular complexity index is 638. The van der Waals surface area contributed by atoms with Gasteiger partial charge in [0, 0.05) is 22.1 Å². The van der Waals surface area contributed by atoms with Crippen molar-refractivity contribution in [3.63, 3.8) is 0 Å². The molecule has 0 heterocycles. The van der Waals surface area contributed by atoms with Crippen LogP contribution >= 0.6 is 22.4 Å². The number of halogens is 4. The monoisotopic (exact) mass is 330 g/mol. The van der Waals surface area contributed by atoms with E-state index in [1.807, 2.05) is 0 Å². The highest BCUT2D eigenvalue weighted by molar-refractivity contribution is 8.13. The number of nitriles is 1. The summed E-state index contributed by atoms with van der Waals surface area (Å²) >= 11 is -0.592. The third-order valence-electron chi connectivity index (χ3n) is 2.01. The van der Waals surface area contributed by atoms with Gasteiger partial charge in [-0.1, -0.05) is 6.07 Å². The average molecular weight is 331 g/mol. The molecule has 0 atom stereocenters. The maximum atomic E-state index is 12.4. The maximum Gasteiger partial charge on any atom is 0.446 e. The molecule has 0 radical (unpaired) electrons. The summed E-state index contributed by atoms with van der Waals surface area (Å²) in [5, 5.41) is 8.88. The van der Waals surface area contributed by atoms with Gasteiger partial charge >= 0.3 is 5.51 Å². The molecule has 0 spiro atoms. The topological polar surface area (TPSA) is 84.0 Å². The third-order valence-corrected chi connectivity index (χ3v) is 4.28. The number of nitrogens with two attached hydrogens (primary N) is 1. The van der Waals surface area contributed by atoms with Crippen molar-refractivity contribution >= 4 is 31.5 Å². The Balaban J connectivity index is 3.62. The lowest BCUT2D eigenvalue weighted by molar-refractivity contribution is -0.0328. The molecule has 2 N–H and O–H groups in total. The van der Waals surface area contributed by atoms with Gasteiger partial charge in [-0.3, -0.25) is 0 Å². The van der Waals surface area contributed by atoms with Gasteiger partial charge in [0.25, 0.3) is 9.05 Å². The SMILES string of the molecule is N#Cc1c(S(=O)(=O)Cl)ccc(CN)c1SC(F)(F)F. The molecule has 0 aromatic heterocycles. The smallest absolute Gasteiger partial charge is 0.326 e. The van der Waals surface area contributed by atoms with Crippen molar-refractivity contribution in [1.29, 1.82) is 5.26 Å². The van der Waals surface area contributed by atoms with Gasteiger partial charge in [0.1, 0.15) is 11.0 Å². The quantitative estimate of drug-likeness (QED) is 0.680. The van der Waals surface area contributed by atoms with Crippen molar-refractivity contribution < 1.29 is 21.6 Å². The molecule has 0 saturated carbocycles. The lowest BCUT2D eigenvalue weighted by Crippen LogP contribution is -2.08. The molecule has 0 aliphatic carbocycles. The van der Waals surface area contributed by atoms with Crippen molar-refractivity contribution in [1.82, 2.24) is 0 Å². The summed E-state index contributed by atoms with van der Waals surface area (Å²) in [5.74, 6) is 0. The van der Waals surface area contributed by atoms with E-state index in [2.05, 4.69) is 0 Å². The largest absolute Gasteiger partial charge is 0.446 e. The Kier molecular flexibility index (Phi) is 4.73. The van der Waals surface area contributed by atoms with Crippen LogP contribution in [0.4, 0.5) is 13.2 Å². The minimum atomic E-state index is -4.68. The molecule has 19 heavy (non-hydrogen) atoms. The van der Waals surface area contributed by atoms with Crippen LogP contribution in [0.1, 0.15) is 11.1 Å². The highest BCUT2D eigenvalue weighted by Gasteiger charge is 2.33. The van der Waals surface area contributed by atoms with Crippen LogP contribution in [0.2, 0.25) is 0 Å². The summed E-state index contributed by atoms with van der Waals surface area (Å²) in [6.45, 7) is -0.268. The van der Waals surface area contributed by atoms with E-state index in [-0.39, 0.29) is 12.1 Å². The molecule has 0 unspecified atom stereocenters. The van der Waals surface area contributed by atoms with E-state index in [1.54, 1.807) is 0 Å². The van der Waals surface area contributed by atoms with Crippen LogP contribution in [0.3, 0.4) is 0 Å². The maximum absolute atomic E-state index is 12.4. The second-order valence-electron chi connectivity index (χ2n) is 3.23. The molecular formula is C9H6ClF3N2O2S2. The fourth-order valence-corrected chi connectivity index (χ4v) is 3.15. The zero-order valence-electron chi connectivity index (χ0n) is 9.03. The molecule has 4 nitrogen and oxygen atoms in total. The van der Waals surface area contributed by atoms with Crippen molar-refractivity contribution in [2.75, 3.05) is 0 Å². The molecule has 0 fully saturated rings. The molecule has 0 amide bonds. The summed E-state index contributed by atoms with van der Waals surface area (Å²) in [6.07, 6.45) is 0. The van der Waals surface area contributed by atoms with Crippen molar-refractivity contribution in [2.45, 2.75) is 21.8 Å². The van der Waals surface area contributed by atoms with Gasteiger partial charge in [0.15, 0.2) is 0 Å². The molecule has 0 saturated heterocycles. The second kappa shape index (κ2) is 5.58. The zero-order chi connectivity index (χ0) is 14.8. The van der Waals surface area contributed by atoms with Crippen LogP contribution in [0.25, 0.3) is 0 Å². The van der Waals surface area contributed by atoms with E-state index >= 15 is 0 Å². The first-order valence-electron chi connectivity index (χ1n) is 4.56. The van der Waals surface area contributed by atoms with E-state index in [0.29, 0.717) is 0 Å².